The first kappa shape index (κ1) is 21.5. The maximum Gasteiger partial charge on any atom is 0.338 e. The predicted molar refractivity (Wildman–Crippen MR) is 131 cm³/mol. The highest BCUT2D eigenvalue weighted by atomic mass is 16.5. The average molecular weight is 447 g/mol. The highest BCUT2D eigenvalue weighted by molar-refractivity contribution is 6.03. The third kappa shape index (κ3) is 4.33. The predicted octanol–water partition coefficient (Wildman–Crippen LogP) is 4.18. The van der Waals surface area contributed by atoms with E-state index in [-0.39, 0.29) is 5.97 Å². The van der Waals surface area contributed by atoms with Crippen molar-refractivity contribution in [1.82, 2.24) is 9.97 Å². The Hall–Kier alpha value is -3.32. The van der Waals surface area contributed by atoms with E-state index in [4.69, 9.17) is 14.5 Å². The lowest BCUT2D eigenvalue weighted by Gasteiger charge is -2.29. The summed E-state index contributed by atoms with van der Waals surface area (Å²) in [6.45, 7) is 8.95. The van der Waals surface area contributed by atoms with Crippen molar-refractivity contribution in [3.8, 4) is 0 Å². The summed E-state index contributed by atoms with van der Waals surface area (Å²) in [5, 5.41) is 0. The molecular weight excluding hydrogens is 416 g/mol. The van der Waals surface area contributed by atoms with Crippen molar-refractivity contribution in [2.45, 2.75) is 20.3 Å². The van der Waals surface area contributed by atoms with Crippen LogP contribution in [0, 0.1) is 6.92 Å². The van der Waals surface area contributed by atoms with E-state index < -0.39 is 0 Å². The van der Waals surface area contributed by atoms with Crippen molar-refractivity contribution in [3.63, 3.8) is 0 Å². The lowest BCUT2D eigenvalue weighted by atomic mass is 9.93. The summed E-state index contributed by atoms with van der Waals surface area (Å²) in [5.74, 6) is 0.528. The molecule has 7 nitrogen and oxygen atoms in total. The van der Waals surface area contributed by atoms with Crippen LogP contribution in [0.15, 0.2) is 42.5 Å². The number of morpholine rings is 1. The van der Waals surface area contributed by atoms with Crippen LogP contribution in [-0.4, -0.2) is 61.9 Å². The average Bonchev–Trinajstić information content (AvgIpc) is 3.29. The summed E-state index contributed by atoms with van der Waals surface area (Å²) >= 11 is 0. The molecule has 0 radical (unpaired) electrons. The van der Waals surface area contributed by atoms with Crippen molar-refractivity contribution in [3.05, 3.63) is 59.2 Å². The molecule has 33 heavy (non-hydrogen) atoms. The molecule has 0 saturated carbocycles. The molecule has 2 aliphatic heterocycles. The Balaban J connectivity index is 1.53. The van der Waals surface area contributed by atoms with Crippen molar-refractivity contribution < 1.29 is 14.3 Å². The van der Waals surface area contributed by atoms with E-state index in [9.17, 15) is 4.79 Å². The van der Waals surface area contributed by atoms with Crippen LogP contribution < -0.4 is 9.80 Å². The molecule has 0 bridgehead atoms. The van der Waals surface area contributed by atoms with Gasteiger partial charge < -0.3 is 24.3 Å². The number of hydrogen-bond acceptors (Lipinski definition) is 6. The molecule has 1 N–H and O–H groups in total. The van der Waals surface area contributed by atoms with Crippen LogP contribution >= 0.6 is 0 Å². The van der Waals surface area contributed by atoms with Gasteiger partial charge in [0.1, 0.15) is 0 Å². The second-order valence-electron chi connectivity index (χ2n) is 8.53. The first-order valence-corrected chi connectivity index (χ1v) is 11.7. The summed E-state index contributed by atoms with van der Waals surface area (Å²) in [6.07, 6.45) is 3.06. The minimum absolute atomic E-state index is 0.299. The smallest absolute Gasteiger partial charge is 0.338 e. The fourth-order valence-electron chi connectivity index (χ4n) is 4.65. The molecule has 7 heteroatoms. The summed E-state index contributed by atoms with van der Waals surface area (Å²) in [4.78, 5) is 25.8. The largest absolute Gasteiger partial charge is 0.462 e. The number of fused-ring (bicyclic) bond motifs is 1. The van der Waals surface area contributed by atoms with Crippen LogP contribution in [0.2, 0.25) is 0 Å². The lowest BCUT2D eigenvalue weighted by Crippen LogP contribution is -2.36. The van der Waals surface area contributed by atoms with Gasteiger partial charge in [-0.25, -0.2) is 9.78 Å². The number of esters is 1. The highest BCUT2D eigenvalue weighted by Gasteiger charge is 2.25. The molecule has 3 heterocycles. The molecule has 3 aromatic rings. The highest BCUT2D eigenvalue weighted by Crippen LogP contribution is 2.34. The summed E-state index contributed by atoms with van der Waals surface area (Å²) in [5.41, 5.74) is 6.86. The second kappa shape index (κ2) is 9.27. The fourth-order valence-corrected chi connectivity index (χ4v) is 4.65. The Bertz CT molecular complexity index is 1190. The van der Waals surface area contributed by atoms with Gasteiger partial charge >= 0.3 is 5.97 Å². The summed E-state index contributed by atoms with van der Waals surface area (Å²) in [6, 6.07) is 12.4. The Morgan fingerprint density at radius 2 is 2.00 bits per heavy atom. The Morgan fingerprint density at radius 1 is 1.15 bits per heavy atom. The number of aromatic amines is 1. The van der Waals surface area contributed by atoms with Crippen LogP contribution in [-0.2, 0) is 9.47 Å². The number of H-pyrrole nitrogens is 1. The van der Waals surface area contributed by atoms with Crippen LogP contribution in [0.3, 0.4) is 0 Å². The van der Waals surface area contributed by atoms with Crippen LogP contribution in [0.1, 0.15) is 34.8 Å². The van der Waals surface area contributed by atoms with E-state index in [1.807, 2.05) is 19.1 Å². The molecule has 0 atom stereocenters. The van der Waals surface area contributed by atoms with Gasteiger partial charge in [-0.3, -0.25) is 0 Å². The van der Waals surface area contributed by atoms with Gasteiger partial charge in [0, 0.05) is 37.4 Å². The maximum absolute atomic E-state index is 12.9. The Labute approximate surface area is 194 Å². The van der Waals surface area contributed by atoms with Gasteiger partial charge in [-0.15, -0.1) is 0 Å². The number of carbonyl (C=O) groups is 1. The number of aryl methyl sites for hydroxylation is 1. The Morgan fingerprint density at radius 3 is 2.73 bits per heavy atom. The lowest BCUT2D eigenvalue weighted by molar-refractivity contribution is 0.0526. The van der Waals surface area contributed by atoms with Crippen LogP contribution in [0.25, 0.3) is 16.6 Å². The number of nitrogens with one attached hydrogen (secondary N) is 1. The van der Waals surface area contributed by atoms with Crippen molar-refractivity contribution >= 4 is 34.2 Å². The van der Waals surface area contributed by atoms with Crippen LogP contribution in [0.4, 0.5) is 11.6 Å². The number of carbonyl (C=O) groups excluding carboxylic acids is 1. The third-order valence-electron chi connectivity index (χ3n) is 6.35. The van der Waals surface area contributed by atoms with Gasteiger partial charge in [0.25, 0.3) is 0 Å². The van der Waals surface area contributed by atoms with E-state index in [2.05, 4.69) is 52.0 Å². The van der Waals surface area contributed by atoms with Crippen molar-refractivity contribution in [2.75, 3.05) is 55.8 Å². The van der Waals surface area contributed by atoms with Crippen LogP contribution in [0.5, 0.6) is 0 Å². The fraction of sp³-hybridized carbons (Fsp3) is 0.385. The molecule has 0 amide bonds. The molecule has 172 valence electrons. The molecule has 0 spiro atoms. The zero-order valence-electron chi connectivity index (χ0n) is 19.3. The molecule has 2 aliphatic rings. The molecule has 1 saturated heterocycles. The SMILES string of the molecule is CCOC(=O)c1ccc2[nH]c(N3CCOCC3)nc2c1C1=CCN(c2cccc(C)c2)CC1. The summed E-state index contributed by atoms with van der Waals surface area (Å²) in [7, 11) is 0. The van der Waals surface area contributed by atoms with Gasteiger partial charge in [-0.05, 0) is 55.7 Å². The number of imidazole rings is 1. The number of nitrogens with zero attached hydrogens (tertiary/aromatic N) is 3. The number of rotatable bonds is 5. The van der Waals surface area contributed by atoms with Gasteiger partial charge in [0.15, 0.2) is 0 Å². The minimum atomic E-state index is -0.299. The number of ether oxygens (including phenoxy) is 2. The standard InChI is InChI=1S/C26H30N4O3/c1-3-33-25(31)21-7-8-22-24(28-26(27-22)30-13-15-32-16-14-30)23(21)19-9-11-29(12-10-19)20-6-4-5-18(2)17-20/h4-9,17H,3,10-16H2,1-2H3,(H,27,28). The third-order valence-corrected chi connectivity index (χ3v) is 6.35. The molecular formula is C26H30N4O3. The monoisotopic (exact) mass is 446 g/mol. The van der Waals surface area contributed by atoms with E-state index in [0.29, 0.717) is 25.4 Å². The topological polar surface area (TPSA) is 70.7 Å². The number of benzene rings is 2. The molecule has 0 unspecified atom stereocenters. The minimum Gasteiger partial charge on any atom is -0.462 e. The molecule has 5 rings (SSSR count). The van der Waals surface area contributed by atoms with Gasteiger partial charge in [-0.1, -0.05) is 18.2 Å². The molecule has 1 aromatic heterocycles. The number of aromatic nitrogens is 2. The molecule has 1 fully saturated rings. The number of anilines is 2. The zero-order chi connectivity index (χ0) is 22.8. The first-order chi connectivity index (χ1) is 16.1. The van der Waals surface area contributed by atoms with Gasteiger partial charge in [0.05, 0.1) is 36.4 Å². The summed E-state index contributed by atoms with van der Waals surface area (Å²) < 4.78 is 10.9. The quantitative estimate of drug-likeness (QED) is 0.593. The van der Waals surface area contributed by atoms with E-state index in [1.54, 1.807) is 0 Å². The van der Waals surface area contributed by atoms with Gasteiger partial charge in [0.2, 0.25) is 5.95 Å². The second-order valence-corrected chi connectivity index (χ2v) is 8.53. The maximum atomic E-state index is 12.9. The van der Waals surface area contributed by atoms with Crippen molar-refractivity contribution in [1.29, 1.82) is 0 Å². The first-order valence-electron chi connectivity index (χ1n) is 11.7. The molecule has 0 aliphatic carbocycles. The van der Waals surface area contributed by atoms with E-state index >= 15 is 0 Å². The van der Waals surface area contributed by atoms with E-state index in [1.165, 1.54) is 11.3 Å². The van der Waals surface area contributed by atoms with E-state index in [0.717, 1.165) is 60.7 Å². The Kier molecular flexibility index (Phi) is 6.05. The van der Waals surface area contributed by atoms with Gasteiger partial charge in [-0.2, -0.15) is 0 Å². The normalized spacial score (nSPS) is 16.7. The van der Waals surface area contributed by atoms with Crippen molar-refractivity contribution in [2.24, 2.45) is 0 Å². The number of hydrogen-bond donors (Lipinski definition) is 1. The molecule has 2 aromatic carbocycles. The zero-order valence-corrected chi connectivity index (χ0v) is 19.3.